The molecule has 0 spiro atoms. The lowest BCUT2D eigenvalue weighted by atomic mass is 10.1. The van der Waals surface area contributed by atoms with Crippen molar-refractivity contribution in [3.63, 3.8) is 0 Å². The van der Waals surface area contributed by atoms with Crippen LogP contribution in [0, 0.1) is 12.3 Å². The average Bonchev–Trinajstić information content (AvgIpc) is 2.14. The van der Waals surface area contributed by atoms with Gasteiger partial charge in [0.05, 0.1) is 6.04 Å². The standard InChI is InChI=1S/C11H20N2/c1-4-6-11(5-2)13-8-7-12-10(3)9-13/h2,10-12H,4,6-9H2,1,3H3. The molecule has 1 aliphatic rings. The van der Waals surface area contributed by atoms with Crippen molar-refractivity contribution in [1.82, 2.24) is 10.2 Å². The minimum Gasteiger partial charge on any atom is -0.312 e. The van der Waals surface area contributed by atoms with E-state index in [1.807, 2.05) is 0 Å². The van der Waals surface area contributed by atoms with Gasteiger partial charge in [0.1, 0.15) is 0 Å². The van der Waals surface area contributed by atoms with Crippen LogP contribution < -0.4 is 5.32 Å². The normalized spacial score (nSPS) is 26.7. The molecule has 0 bridgehead atoms. The van der Waals surface area contributed by atoms with E-state index < -0.39 is 0 Å². The first-order valence-electron chi connectivity index (χ1n) is 5.21. The van der Waals surface area contributed by atoms with Crippen LogP contribution in [0.25, 0.3) is 0 Å². The minimum absolute atomic E-state index is 0.356. The van der Waals surface area contributed by atoms with Crippen molar-refractivity contribution >= 4 is 0 Å². The van der Waals surface area contributed by atoms with Crippen LogP contribution >= 0.6 is 0 Å². The molecular weight excluding hydrogens is 160 g/mol. The summed E-state index contributed by atoms with van der Waals surface area (Å²) in [6.07, 6.45) is 7.83. The molecule has 0 aromatic heterocycles. The SMILES string of the molecule is C#CC(CCC)N1CCNC(C)C1. The van der Waals surface area contributed by atoms with Gasteiger partial charge in [-0.05, 0) is 13.3 Å². The maximum Gasteiger partial charge on any atom is 0.0712 e. The number of terminal acetylenes is 1. The van der Waals surface area contributed by atoms with E-state index >= 15 is 0 Å². The van der Waals surface area contributed by atoms with Crippen LogP contribution in [0.5, 0.6) is 0 Å². The van der Waals surface area contributed by atoms with Crippen molar-refractivity contribution in [2.24, 2.45) is 0 Å². The van der Waals surface area contributed by atoms with Gasteiger partial charge in [-0.2, -0.15) is 0 Å². The fourth-order valence-corrected chi connectivity index (χ4v) is 1.89. The molecule has 0 aromatic carbocycles. The number of nitrogens with one attached hydrogen (secondary N) is 1. The first-order valence-corrected chi connectivity index (χ1v) is 5.21. The third-order valence-electron chi connectivity index (χ3n) is 2.60. The molecule has 1 heterocycles. The molecule has 2 unspecified atom stereocenters. The molecule has 1 fully saturated rings. The van der Waals surface area contributed by atoms with E-state index in [0.717, 1.165) is 26.1 Å². The van der Waals surface area contributed by atoms with Gasteiger partial charge < -0.3 is 5.32 Å². The van der Waals surface area contributed by atoms with Crippen LogP contribution in [-0.4, -0.2) is 36.6 Å². The number of nitrogens with zero attached hydrogens (tertiary/aromatic N) is 1. The molecule has 0 radical (unpaired) electrons. The second-order valence-corrected chi connectivity index (χ2v) is 3.82. The maximum absolute atomic E-state index is 5.52. The summed E-state index contributed by atoms with van der Waals surface area (Å²) in [6, 6.07) is 0.941. The van der Waals surface area contributed by atoms with E-state index in [1.54, 1.807) is 0 Å². The van der Waals surface area contributed by atoms with Crippen LogP contribution in [0.2, 0.25) is 0 Å². The topological polar surface area (TPSA) is 15.3 Å². The van der Waals surface area contributed by atoms with E-state index in [9.17, 15) is 0 Å². The van der Waals surface area contributed by atoms with E-state index in [4.69, 9.17) is 6.42 Å². The van der Waals surface area contributed by atoms with Crippen LogP contribution in [0.4, 0.5) is 0 Å². The molecule has 0 amide bonds. The Labute approximate surface area is 81.7 Å². The number of rotatable bonds is 3. The van der Waals surface area contributed by atoms with E-state index in [0.29, 0.717) is 12.1 Å². The maximum atomic E-state index is 5.52. The molecule has 1 N–H and O–H groups in total. The lowest BCUT2D eigenvalue weighted by molar-refractivity contribution is 0.171. The molecule has 1 saturated heterocycles. The van der Waals surface area contributed by atoms with E-state index in [2.05, 4.69) is 30.0 Å². The molecule has 0 aliphatic carbocycles. The molecule has 13 heavy (non-hydrogen) atoms. The third-order valence-corrected chi connectivity index (χ3v) is 2.60. The number of hydrogen-bond donors (Lipinski definition) is 1. The van der Waals surface area contributed by atoms with Gasteiger partial charge in [0.25, 0.3) is 0 Å². The summed E-state index contributed by atoms with van der Waals surface area (Å²) in [5, 5.41) is 3.42. The van der Waals surface area contributed by atoms with Crippen molar-refractivity contribution < 1.29 is 0 Å². The van der Waals surface area contributed by atoms with Crippen LogP contribution in [0.1, 0.15) is 26.7 Å². The fraction of sp³-hybridized carbons (Fsp3) is 0.818. The lowest BCUT2D eigenvalue weighted by Gasteiger charge is -2.35. The predicted molar refractivity (Wildman–Crippen MR) is 56.6 cm³/mol. The van der Waals surface area contributed by atoms with E-state index in [-0.39, 0.29) is 0 Å². The zero-order valence-electron chi connectivity index (χ0n) is 8.71. The molecule has 0 saturated carbocycles. The highest BCUT2D eigenvalue weighted by Gasteiger charge is 2.20. The van der Waals surface area contributed by atoms with Crippen LogP contribution in [0.15, 0.2) is 0 Å². The second kappa shape index (κ2) is 5.26. The Morgan fingerprint density at radius 1 is 1.69 bits per heavy atom. The molecule has 2 atom stereocenters. The highest BCUT2D eigenvalue weighted by atomic mass is 15.2. The summed E-state index contributed by atoms with van der Waals surface area (Å²) < 4.78 is 0. The average molecular weight is 180 g/mol. The van der Waals surface area contributed by atoms with Gasteiger partial charge in [0, 0.05) is 25.7 Å². The third kappa shape index (κ3) is 3.02. The van der Waals surface area contributed by atoms with Crippen LogP contribution in [0.3, 0.4) is 0 Å². The van der Waals surface area contributed by atoms with Gasteiger partial charge >= 0.3 is 0 Å². The monoisotopic (exact) mass is 180 g/mol. The molecule has 2 heteroatoms. The number of hydrogen-bond acceptors (Lipinski definition) is 2. The zero-order chi connectivity index (χ0) is 9.68. The Hall–Kier alpha value is -0.520. The largest absolute Gasteiger partial charge is 0.312 e. The summed E-state index contributed by atoms with van der Waals surface area (Å²) >= 11 is 0. The van der Waals surface area contributed by atoms with Gasteiger partial charge in [0.2, 0.25) is 0 Å². The van der Waals surface area contributed by atoms with Crippen LogP contribution in [-0.2, 0) is 0 Å². The highest BCUT2D eigenvalue weighted by molar-refractivity contribution is 5.01. The molecule has 74 valence electrons. The minimum atomic E-state index is 0.356. The van der Waals surface area contributed by atoms with Gasteiger partial charge in [-0.15, -0.1) is 6.42 Å². The number of piperazine rings is 1. The predicted octanol–water partition coefficient (Wildman–Crippen LogP) is 1.08. The van der Waals surface area contributed by atoms with Crippen molar-refractivity contribution in [2.75, 3.05) is 19.6 Å². The van der Waals surface area contributed by atoms with Gasteiger partial charge in [-0.25, -0.2) is 0 Å². The fourth-order valence-electron chi connectivity index (χ4n) is 1.89. The van der Waals surface area contributed by atoms with E-state index in [1.165, 1.54) is 6.42 Å². The first kappa shape index (κ1) is 10.6. The smallest absolute Gasteiger partial charge is 0.0712 e. The van der Waals surface area contributed by atoms with Gasteiger partial charge in [-0.3, -0.25) is 4.90 Å². The quantitative estimate of drug-likeness (QED) is 0.654. The Morgan fingerprint density at radius 2 is 2.46 bits per heavy atom. The molecule has 1 aliphatic heterocycles. The van der Waals surface area contributed by atoms with Crippen molar-refractivity contribution in [3.05, 3.63) is 0 Å². The summed E-state index contributed by atoms with van der Waals surface area (Å²) in [7, 11) is 0. The molecule has 1 rings (SSSR count). The van der Waals surface area contributed by atoms with Gasteiger partial charge in [-0.1, -0.05) is 19.3 Å². The highest BCUT2D eigenvalue weighted by Crippen LogP contribution is 2.09. The van der Waals surface area contributed by atoms with Crippen molar-refractivity contribution in [3.8, 4) is 12.3 Å². The van der Waals surface area contributed by atoms with Gasteiger partial charge in [0.15, 0.2) is 0 Å². The van der Waals surface area contributed by atoms with Crippen molar-refractivity contribution in [2.45, 2.75) is 38.8 Å². The lowest BCUT2D eigenvalue weighted by Crippen LogP contribution is -2.52. The molecule has 2 nitrogen and oxygen atoms in total. The Bertz CT molecular complexity index is 183. The zero-order valence-corrected chi connectivity index (χ0v) is 8.71. The Balaban J connectivity index is 2.43. The molecule has 0 aromatic rings. The molecular formula is C11H20N2. The second-order valence-electron chi connectivity index (χ2n) is 3.82. The Kier molecular flexibility index (Phi) is 4.27. The Morgan fingerprint density at radius 3 is 3.00 bits per heavy atom. The first-order chi connectivity index (χ1) is 6.27. The van der Waals surface area contributed by atoms with Crippen molar-refractivity contribution in [1.29, 1.82) is 0 Å². The summed E-state index contributed by atoms with van der Waals surface area (Å²) in [4.78, 5) is 2.42. The summed E-state index contributed by atoms with van der Waals surface area (Å²) in [5.74, 6) is 2.89. The summed E-state index contributed by atoms with van der Waals surface area (Å²) in [5.41, 5.74) is 0. The summed E-state index contributed by atoms with van der Waals surface area (Å²) in [6.45, 7) is 7.67.